The molecule has 0 aliphatic carbocycles. The summed E-state index contributed by atoms with van der Waals surface area (Å²) >= 11 is 5.82. The van der Waals surface area contributed by atoms with E-state index in [2.05, 4.69) is 11.2 Å². The van der Waals surface area contributed by atoms with Crippen LogP contribution in [-0.2, 0) is 5.88 Å². The molecule has 0 fully saturated rings. The Morgan fingerprint density at radius 2 is 2.06 bits per heavy atom. The van der Waals surface area contributed by atoms with Crippen molar-refractivity contribution in [2.45, 2.75) is 12.8 Å². The first-order chi connectivity index (χ1) is 8.17. The van der Waals surface area contributed by atoms with Gasteiger partial charge in [-0.15, -0.1) is 11.6 Å². The molecule has 0 bridgehead atoms. The lowest BCUT2D eigenvalue weighted by molar-refractivity contribution is 0.627. The zero-order valence-corrected chi connectivity index (χ0v) is 9.87. The fraction of sp³-hybridized carbons (Fsp3) is 0.167. The number of alkyl halides is 1. The number of nitrogens with zero attached hydrogens (tertiary/aromatic N) is 3. The van der Waals surface area contributed by atoms with Crippen LogP contribution in [0.5, 0.6) is 0 Å². The molecule has 2 rings (SSSR count). The average molecular weight is 250 g/mol. The first kappa shape index (κ1) is 11.6. The summed E-state index contributed by atoms with van der Waals surface area (Å²) in [4.78, 5) is 0. The molecule has 0 saturated heterocycles. The normalized spacial score (nSPS) is 10.2. The van der Waals surface area contributed by atoms with Crippen LogP contribution in [0.2, 0.25) is 0 Å². The smallest absolute Gasteiger partial charge is 0.123 e. The maximum Gasteiger partial charge on any atom is 0.123 e. The predicted octanol–water partition coefficient (Wildman–Crippen LogP) is 2.93. The lowest BCUT2D eigenvalue weighted by atomic mass is 10.2. The minimum absolute atomic E-state index is 0.182. The molecular weight excluding hydrogens is 241 g/mol. The van der Waals surface area contributed by atoms with Gasteiger partial charge < -0.3 is 0 Å². The molecule has 0 unspecified atom stereocenters. The van der Waals surface area contributed by atoms with Gasteiger partial charge in [0.1, 0.15) is 11.9 Å². The summed E-state index contributed by atoms with van der Waals surface area (Å²) in [6, 6.07) is 7.95. The number of rotatable bonds is 2. The molecule has 1 aromatic heterocycles. The molecule has 2 aromatic rings. The van der Waals surface area contributed by atoms with E-state index in [1.165, 1.54) is 12.1 Å². The van der Waals surface area contributed by atoms with Crippen molar-refractivity contribution in [3.05, 3.63) is 47.0 Å². The quantitative estimate of drug-likeness (QED) is 0.768. The van der Waals surface area contributed by atoms with Crippen molar-refractivity contribution in [1.82, 2.24) is 9.78 Å². The Bertz CT molecular complexity index is 581. The summed E-state index contributed by atoms with van der Waals surface area (Å²) in [5.74, 6) is -0.133. The minimum Gasteiger partial charge on any atom is -0.235 e. The summed E-state index contributed by atoms with van der Waals surface area (Å²) in [6.45, 7) is 1.74. The molecule has 17 heavy (non-hydrogen) atoms. The number of hydrogen-bond donors (Lipinski definition) is 0. The van der Waals surface area contributed by atoms with Gasteiger partial charge in [0.15, 0.2) is 0 Å². The first-order valence-electron chi connectivity index (χ1n) is 4.98. The van der Waals surface area contributed by atoms with Gasteiger partial charge in [-0.2, -0.15) is 10.4 Å². The number of benzene rings is 1. The third-order valence-electron chi connectivity index (χ3n) is 2.47. The van der Waals surface area contributed by atoms with Gasteiger partial charge in [-0.05, 0) is 31.2 Å². The van der Waals surface area contributed by atoms with Crippen LogP contribution in [0.1, 0.15) is 17.0 Å². The fourth-order valence-electron chi connectivity index (χ4n) is 1.64. The third kappa shape index (κ3) is 2.02. The number of nitriles is 1. The van der Waals surface area contributed by atoms with E-state index in [4.69, 9.17) is 16.9 Å². The van der Waals surface area contributed by atoms with Crippen molar-refractivity contribution in [3.63, 3.8) is 0 Å². The summed E-state index contributed by atoms with van der Waals surface area (Å²) in [5, 5.41) is 13.3. The van der Waals surface area contributed by atoms with E-state index < -0.39 is 0 Å². The van der Waals surface area contributed by atoms with Crippen LogP contribution in [0.3, 0.4) is 0 Å². The maximum absolute atomic E-state index is 12.8. The van der Waals surface area contributed by atoms with Gasteiger partial charge in [-0.25, -0.2) is 9.07 Å². The largest absolute Gasteiger partial charge is 0.235 e. The molecule has 0 atom stereocenters. The molecular formula is C12H9ClFN3. The molecule has 1 heterocycles. The van der Waals surface area contributed by atoms with Crippen LogP contribution in [0.4, 0.5) is 4.39 Å². The molecule has 3 nitrogen and oxygen atoms in total. The fourth-order valence-corrected chi connectivity index (χ4v) is 1.89. The Labute approximate surface area is 103 Å². The lowest BCUT2D eigenvalue weighted by Crippen LogP contribution is -2.01. The molecule has 86 valence electrons. The van der Waals surface area contributed by atoms with E-state index >= 15 is 0 Å². The van der Waals surface area contributed by atoms with Crippen LogP contribution < -0.4 is 0 Å². The highest BCUT2D eigenvalue weighted by Gasteiger charge is 2.15. The second-order valence-corrected chi connectivity index (χ2v) is 3.81. The van der Waals surface area contributed by atoms with Crippen LogP contribution in [0.15, 0.2) is 24.3 Å². The van der Waals surface area contributed by atoms with Gasteiger partial charge >= 0.3 is 0 Å². The molecule has 0 aliphatic heterocycles. The van der Waals surface area contributed by atoms with Crippen molar-refractivity contribution in [2.24, 2.45) is 0 Å². The molecule has 0 amide bonds. The lowest BCUT2D eigenvalue weighted by Gasteiger charge is -2.04. The summed E-state index contributed by atoms with van der Waals surface area (Å²) < 4.78 is 14.4. The second kappa shape index (κ2) is 4.56. The molecule has 1 aromatic carbocycles. The van der Waals surface area contributed by atoms with Gasteiger partial charge in [0, 0.05) is 0 Å². The highest BCUT2D eigenvalue weighted by molar-refractivity contribution is 6.17. The van der Waals surface area contributed by atoms with Crippen LogP contribution in [0, 0.1) is 24.1 Å². The number of aryl methyl sites for hydroxylation is 1. The maximum atomic E-state index is 12.8. The highest BCUT2D eigenvalue weighted by Crippen LogP contribution is 2.19. The molecule has 0 saturated carbocycles. The number of hydrogen-bond acceptors (Lipinski definition) is 2. The van der Waals surface area contributed by atoms with Gasteiger partial charge in [0.25, 0.3) is 0 Å². The van der Waals surface area contributed by atoms with Crippen LogP contribution in [-0.4, -0.2) is 9.78 Å². The van der Waals surface area contributed by atoms with Crippen molar-refractivity contribution < 1.29 is 4.39 Å². The predicted molar refractivity (Wildman–Crippen MR) is 62.5 cm³/mol. The molecule has 0 spiro atoms. The van der Waals surface area contributed by atoms with E-state index in [0.717, 1.165) is 0 Å². The zero-order chi connectivity index (χ0) is 12.4. The Morgan fingerprint density at radius 3 is 2.59 bits per heavy atom. The van der Waals surface area contributed by atoms with Gasteiger partial charge in [0.2, 0.25) is 0 Å². The third-order valence-corrected chi connectivity index (χ3v) is 2.72. The summed E-state index contributed by atoms with van der Waals surface area (Å²) in [7, 11) is 0. The van der Waals surface area contributed by atoms with E-state index in [0.29, 0.717) is 22.6 Å². The van der Waals surface area contributed by atoms with E-state index in [-0.39, 0.29) is 11.7 Å². The Hall–Kier alpha value is -1.86. The highest BCUT2D eigenvalue weighted by atomic mass is 35.5. The van der Waals surface area contributed by atoms with Crippen LogP contribution >= 0.6 is 11.6 Å². The standard InChI is InChI=1S/C12H9ClFN3/c1-8-11(7-15)12(6-13)17(16-8)10-4-2-9(14)3-5-10/h2-5H,6H2,1H3. The number of aromatic nitrogens is 2. The second-order valence-electron chi connectivity index (χ2n) is 3.54. The van der Waals surface area contributed by atoms with Gasteiger partial charge in [0.05, 0.1) is 28.5 Å². The SMILES string of the molecule is Cc1nn(-c2ccc(F)cc2)c(CCl)c1C#N. The van der Waals surface area contributed by atoms with Crippen molar-refractivity contribution in [3.8, 4) is 11.8 Å². The van der Waals surface area contributed by atoms with Crippen LogP contribution in [0.25, 0.3) is 5.69 Å². The topological polar surface area (TPSA) is 41.6 Å². The zero-order valence-electron chi connectivity index (χ0n) is 9.11. The first-order valence-corrected chi connectivity index (χ1v) is 5.51. The van der Waals surface area contributed by atoms with Gasteiger partial charge in [-0.3, -0.25) is 0 Å². The molecule has 0 radical (unpaired) electrons. The Morgan fingerprint density at radius 1 is 1.41 bits per heavy atom. The average Bonchev–Trinajstić information content (AvgIpc) is 2.66. The number of halogens is 2. The minimum atomic E-state index is -0.314. The summed E-state index contributed by atoms with van der Waals surface area (Å²) in [6.07, 6.45) is 0. The Balaban J connectivity index is 2.60. The van der Waals surface area contributed by atoms with Crippen molar-refractivity contribution >= 4 is 11.6 Å². The van der Waals surface area contributed by atoms with Crippen molar-refractivity contribution in [2.75, 3.05) is 0 Å². The Kier molecular flexibility index (Phi) is 3.12. The van der Waals surface area contributed by atoms with Crippen molar-refractivity contribution in [1.29, 1.82) is 5.26 Å². The van der Waals surface area contributed by atoms with E-state index in [1.807, 2.05) is 0 Å². The molecule has 0 aliphatic rings. The van der Waals surface area contributed by atoms with Gasteiger partial charge in [-0.1, -0.05) is 0 Å². The monoisotopic (exact) mass is 249 g/mol. The summed E-state index contributed by atoms with van der Waals surface area (Å²) in [5.41, 5.74) is 2.40. The molecule has 0 N–H and O–H groups in total. The van der Waals surface area contributed by atoms with E-state index in [9.17, 15) is 4.39 Å². The van der Waals surface area contributed by atoms with E-state index in [1.54, 1.807) is 23.7 Å². The molecule has 5 heteroatoms.